The van der Waals surface area contributed by atoms with Crippen molar-refractivity contribution < 1.29 is 27.0 Å². The number of nitrogens with zero attached hydrogens (tertiary/aromatic N) is 2. The molecule has 5 nitrogen and oxygen atoms in total. The second kappa shape index (κ2) is 5.27. The van der Waals surface area contributed by atoms with Crippen molar-refractivity contribution in [3.63, 3.8) is 0 Å². The Morgan fingerprint density at radius 2 is 2.00 bits per heavy atom. The van der Waals surface area contributed by atoms with E-state index in [9.17, 15) is 15.2 Å². The van der Waals surface area contributed by atoms with Crippen LogP contribution in [0.25, 0.3) is 5.69 Å². The molecule has 0 aliphatic heterocycles. The van der Waals surface area contributed by atoms with E-state index in [0.717, 1.165) is 0 Å². The molecule has 0 radical (unpaired) electrons. The fourth-order valence-corrected chi connectivity index (χ4v) is 1.39. The Morgan fingerprint density at radius 3 is 2.65 bits per heavy atom. The number of non-ortho nitro benzene ring substituents is 1. The topological polar surface area (TPSA) is 67.2 Å². The van der Waals surface area contributed by atoms with Crippen LogP contribution in [0, 0.1) is 10.1 Å². The van der Waals surface area contributed by atoms with Gasteiger partial charge in [0.2, 0.25) is 11.9 Å². The first-order chi connectivity index (χ1) is 7.66. The van der Waals surface area contributed by atoms with Crippen LogP contribution in [-0.4, -0.2) is 10.0 Å². The molecule has 0 spiro atoms. The fourth-order valence-electron chi connectivity index (χ4n) is 1.39. The standard InChI is InChI=1S/C11H8N2O3.ClH/c14-11-5-2-6-12(8-11)9-3-1-4-10(7-9)13(15)16;/h1-8H;1H. The molecule has 1 aromatic heterocycles. The van der Waals surface area contributed by atoms with Crippen LogP contribution in [0.3, 0.4) is 0 Å². The molecule has 0 fully saturated rings. The van der Waals surface area contributed by atoms with Crippen molar-refractivity contribution >= 4 is 5.69 Å². The highest BCUT2D eigenvalue weighted by atomic mass is 35.5. The van der Waals surface area contributed by atoms with Crippen LogP contribution < -0.4 is 17.0 Å². The lowest BCUT2D eigenvalue weighted by molar-refractivity contribution is -0.596. The fraction of sp³-hybridized carbons (Fsp3) is 0. The van der Waals surface area contributed by atoms with Gasteiger partial charge in [-0.25, -0.2) is 0 Å². The second-order valence-corrected chi connectivity index (χ2v) is 3.25. The van der Waals surface area contributed by atoms with Gasteiger partial charge in [0.1, 0.15) is 0 Å². The lowest BCUT2D eigenvalue weighted by atomic mass is 10.2. The predicted octanol–water partition coefficient (Wildman–Crippen LogP) is -1.42. The molecule has 0 amide bonds. The molecule has 0 saturated carbocycles. The molecule has 0 aliphatic rings. The minimum Gasteiger partial charge on any atom is -1.00 e. The molecule has 0 saturated heterocycles. The number of aromatic hydroxyl groups is 1. The van der Waals surface area contributed by atoms with Gasteiger partial charge in [-0.15, -0.1) is 0 Å². The smallest absolute Gasteiger partial charge is 0.276 e. The summed E-state index contributed by atoms with van der Waals surface area (Å²) in [5, 5.41) is 19.9. The number of benzene rings is 1. The second-order valence-electron chi connectivity index (χ2n) is 3.25. The van der Waals surface area contributed by atoms with Gasteiger partial charge >= 0.3 is 0 Å². The highest BCUT2D eigenvalue weighted by molar-refractivity contribution is 5.38. The Morgan fingerprint density at radius 1 is 1.24 bits per heavy atom. The summed E-state index contributed by atoms with van der Waals surface area (Å²) in [5.41, 5.74) is 0.651. The van der Waals surface area contributed by atoms with E-state index < -0.39 is 4.92 Å². The maximum absolute atomic E-state index is 10.6. The van der Waals surface area contributed by atoms with Gasteiger partial charge in [-0.05, 0) is 12.1 Å². The number of aromatic nitrogens is 1. The summed E-state index contributed by atoms with van der Waals surface area (Å²) in [6.07, 6.45) is 3.19. The van der Waals surface area contributed by atoms with Crippen molar-refractivity contribution in [2.75, 3.05) is 0 Å². The van der Waals surface area contributed by atoms with Crippen molar-refractivity contribution in [3.8, 4) is 11.4 Å². The Hall–Kier alpha value is -2.14. The third kappa shape index (κ3) is 2.92. The van der Waals surface area contributed by atoms with Gasteiger partial charge in [0, 0.05) is 18.2 Å². The third-order valence-corrected chi connectivity index (χ3v) is 2.12. The van der Waals surface area contributed by atoms with Crippen LogP contribution in [-0.2, 0) is 0 Å². The number of hydrogen-bond donors (Lipinski definition) is 1. The Bertz CT molecular complexity index is 546. The zero-order chi connectivity index (χ0) is 11.5. The zero-order valence-electron chi connectivity index (χ0n) is 8.65. The molecule has 1 N–H and O–H groups in total. The maximum atomic E-state index is 10.6. The SMILES string of the molecule is O=[N+]([O-])c1cccc(-[n+]2cccc(O)c2)c1.[Cl-]. The van der Waals surface area contributed by atoms with E-state index in [0.29, 0.717) is 5.69 Å². The van der Waals surface area contributed by atoms with Crippen LogP contribution in [0.2, 0.25) is 0 Å². The molecule has 1 aromatic carbocycles. The average Bonchev–Trinajstić information content (AvgIpc) is 2.29. The third-order valence-electron chi connectivity index (χ3n) is 2.12. The molecule has 2 aromatic rings. The molecule has 1 heterocycles. The predicted molar refractivity (Wildman–Crippen MR) is 56.3 cm³/mol. The van der Waals surface area contributed by atoms with Crippen molar-refractivity contribution in [2.45, 2.75) is 0 Å². The van der Waals surface area contributed by atoms with E-state index in [2.05, 4.69) is 0 Å². The number of nitro benzene ring substituents is 1. The van der Waals surface area contributed by atoms with Gasteiger partial charge in [-0.3, -0.25) is 10.1 Å². The van der Waals surface area contributed by atoms with E-state index >= 15 is 0 Å². The summed E-state index contributed by atoms with van der Waals surface area (Å²) < 4.78 is 1.61. The first-order valence-corrected chi connectivity index (χ1v) is 4.62. The van der Waals surface area contributed by atoms with Crippen LogP contribution in [0.15, 0.2) is 48.8 Å². The summed E-state index contributed by atoms with van der Waals surface area (Å²) >= 11 is 0. The van der Waals surface area contributed by atoms with E-state index in [1.165, 1.54) is 24.4 Å². The van der Waals surface area contributed by atoms with E-state index in [4.69, 9.17) is 0 Å². The molecule has 0 bridgehead atoms. The van der Waals surface area contributed by atoms with Crippen LogP contribution in [0.4, 0.5) is 5.69 Å². The number of halogens is 1. The number of hydrogen-bond acceptors (Lipinski definition) is 3. The summed E-state index contributed by atoms with van der Waals surface area (Å²) in [4.78, 5) is 10.1. The monoisotopic (exact) mass is 252 g/mol. The van der Waals surface area contributed by atoms with Crippen molar-refractivity contribution in [2.24, 2.45) is 0 Å². The molecule has 6 heteroatoms. The number of rotatable bonds is 2. The highest BCUT2D eigenvalue weighted by Gasteiger charge is 2.12. The maximum Gasteiger partial charge on any atom is 0.276 e. The van der Waals surface area contributed by atoms with Crippen LogP contribution >= 0.6 is 0 Å². The first kappa shape index (κ1) is 12.9. The number of pyridine rings is 1. The molecule has 0 unspecified atom stereocenters. The van der Waals surface area contributed by atoms with Crippen LogP contribution in [0.1, 0.15) is 0 Å². The molecule has 0 atom stereocenters. The van der Waals surface area contributed by atoms with Gasteiger partial charge in [0.15, 0.2) is 11.9 Å². The molecular formula is C11H9ClN2O3. The first-order valence-electron chi connectivity index (χ1n) is 4.62. The molecule has 88 valence electrons. The largest absolute Gasteiger partial charge is 1.00 e. The summed E-state index contributed by atoms with van der Waals surface area (Å²) in [7, 11) is 0. The van der Waals surface area contributed by atoms with E-state index in [1.807, 2.05) is 0 Å². The van der Waals surface area contributed by atoms with Crippen molar-refractivity contribution in [3.05, 3.63) is 58.9 Å². The van der Waals surface area contributed by atoms with Gasteiger partial charge in [0.05, 0.1) is 11.0 Å². The Kier molecular flexibility index (Phi) is 4.01. The lowest BCUT2D eigenvalue weighted by Crippen LogP contribution is -3.00. The van der Waals surface area contributed by atoms with E-state index in [-0.39, 0.29) is 23.8 Å². The summed E-state index contributed by atoms with van der Waals surface area (Å²) in [5.74, 6) is 0.106. The van der Waals surface area contributed by atoms with Gasteiger partial charge in [-0.1, -0.05) is 0 Å². The minimum atomic E-state index is -0.452. The zero-order valence-corrected chi connectivity index (χ0v) is 9.41. The summed E-state index contributed by atoms with van der Waals surface area (Å²) in [6.45, 7) is 0. The Labute approximate surface area is 104 Å². The minimum absolute atomic E-state index is 0. The quantitative estimate of drug-likeness (QED) is 0.405. The molecular weight excluding hydrogens is 244 g/mol. The van der Waals surface area contributed by atoms with Gasteiger partial charge in [0.25, 0.3) is 5.69 Å². The molecule has 17 heavy (non-hydrogen) atoms. The summed E-state index contributed by atoms with van der Waals surface area (Å²) in [6, 6.07) is 9.39. The normalized spacial score (nSPS) is 9.41. The average molecular weight is 253 g/mol. The number of nitro groups is 1. The highest BCUT2D eigenvalue weighted by Crippen LogP contribution is 2.13. The lowest BCUT2D eigenvalue weighted by Gasteiger charge is -1.96. The molecule has 2 rings (SSSR count). The van der Waals surface area contributed by atoms with Crippen LogP contribution in [0.5, 0.6) is 5.75 Å². The van der Waals surface area contributed by atoms with Gasteiger partial charge in [-0.2, -0.15) is 4.57 Å². The van der Waals surface area contributed by atoms with Crippen molar-refractivity contribution in [1.82, 2.24) is 0 Å². The molecule has 0 aliphatic carbocycles. The Balaban J connectivity index is 0.00000144. The van der Waals surface area contributed by atoms with Crippen molar-refractivity contribution in [1.29, 1.82) is 0 Å². The van der Waals surface area contributed by atoms with Gasteiger partial charge < -0.3 is 17.5 Å². The van der Waals surface area contributed by atoms with E-state index in [1.54, 1.807) is 29.0 Å².